The summed E-state index contributed by atoms with van der Waals surface area (Å²) in [4.78, 5) is 12.5. The average Bonchev–Trinajstić information content (AvgIpc) is 3.41. The molecule has 5 heteroatoms. The number of carbonyl (C=O) groups is 1. The van der Waals surface area contributed by atoms with Crippen LogP contribution in [0.4, 0.5) is 4.39 Å². The number of rotatable bonds is 2. The molecule has 35 heavy (non-hydrogen) atoms. The topological polar surface area (TPSA) is 52.9 Å². The van der Waals surface area contributed by atoms with Crippen LogP contribution in [-0.2, 0) is 4.79 Å². The molecule has 0 spiro atoms. The fraction of sp³-hybridized carbons (Fsp3) is 0.667. The third-order valence-corrected chi connectivity index (χ3v) is 11.0. The Hall–Kier alpha value is -2.01. The minimum atomic E-state index is -0.254. The summed E-state index contributed by atoms with van der Waals surface area (Å²) >= 11 is 0. The molecule has 3 saturated carbocycles. The van der Waals surface area contributed by atoms with E-state index in [2.05, 4.69) is 19.9 Å². The van der Waals surface area contributed by atoms with Crippen molar-refractivity contribution in [2.45, 2.75) is 90.7 Å². The SMILES string of the molecule is CC(=O)N1N=C(C2CC[C@H]3[C@@H]4CC=C5CC(O)CC[C@]5(C)[C@H]4CC[C@]23C)CC1c1ccc(F)cc1. The van der Waals surface area contributed by atoms with Crippen molar-refractivity contribution in [2.24, 2.45) is 39.6 Å². The molecule has 1 N–H and O–H groups in total. The van der Waals surface area contributed by atoms with Crippen molar-refractivity contribution in [1.29, 1.82) is 0 Å². The minimum Gasteiger partial charge on any atom is -0.393 e. The largest absolute Gasteiger partial charge is 0.393 e. The highest BCUT2D eigenvalue weighted by Crippen LogP contribution is 2.66. The monoisotopic (exact) mass is 478 g/mol. The number of halogens is 1. The molecule has 4 nitrogen and oxygen atoms in total. The average molecular weight is 479 g/mol. The van der Waals surface area contributed by atoms with Gasteiger partial charge in [-0.3, -0.25) is 4.79 Å². The van der Waals surface area contributed by atoms with Gasteiger partial charge < -0.3 is 5.11 Å². The molecule has 188 valence electrons. The summed E-state index contributed by atoms with van der Waals surface area (Å²) in [5, 5.41) is 16.9. The second-order valence-corrected chi connectivity index (χ2v) is 12.6. The predicted molar refractivity (Wildman–Crippen MR) is 135 cm³/mol. The lowest BCUT2D eigenvalue weighted by Crippen LogP contribution is -2.51. The molecule has 0 aromatic heterocycles. The highest BCUT2D eigenvalue weighted by molar-refractivity contribution is 5.92. The first kappa shape index (κ1) is 23.4. The van der Waals surface area contributed by atoms with Crippen molar-refractivity contribution in [2.75, 3.05) is 0 Å². The Labute approximate surface area is 208 Å². The summed E-state index contributed by atoms with van der Waals surface area (Å²) in [7, 11) is 0. The second-order valence-electron chi connectivity index (χ2n) is 12.6. The molecule has 6 rings (SSSR count). The maximum absolute atomic E-state index is 13.5. The van der Waals surface area contributed by atoms with E-state index in [4.69, 9.17) is 5.10 Å². The molecule has 1 aromatic rings. The van der Waals surface area contributed by atoms with E-state index in [1.807, 2.05) is 0 Å². The van der Waals surface area contributed by atoms with Crippen LogP contribution in [0.1, 0.15) is 90.2 Å². The number of hydrazone groups is 1. The minimum absolute atomic E-state index is 0.0462. The van der Waals surface area contributed by atoms with Gasteiger partial charge in [-0.2, -0.15) is 5.10 Å². The van der Waals surface area contributed by atoms with Gasteiger partial charge in [0, 0.05) is 25.0 Å². The normalized spacial score (nSPS) is 42.6. The molecule has 8 atom stereocenters. The van der Waals surface area contributed by atoms with Crippen molar-refractivity contribution < 1.29 is 14.3 Å². The fourth-order valence-electron chi connectivity index (χ4n) is 9.17. The van der Waals surface area contributed by atoms with Crippen molar-refractivity contribution in [3.63, 3.8) is 0 Å². The third kappa shape index (κ3) is 3.55. The van der Waals surface area contributed by atoms with Gasteiger partial charge in [-0.15, -0.1) is 0 Å². The Bertz CT molecular complexity index is 1080. The van der Waals surface area contributed by atoms with Gasteiger partial charge in [0.2, 0.25) is 5.91 Å². The summed E-state index contributed by atoms with van der Waals surface area (Å²) in [5.74, 6) is 2.23. The molecule has 1 heterocycles. The zero-order valence-corrected chi connectivity index (χ0v) is 21.3. The number of aliphatic hydroxyl groups excluding tert-OH is 1. The highest BCUT2D eigenvalue weighted by atomic mass is 19.1. The fourth-order valence-corrected chi connectivity index (χ4v) is 9.17. The first-order chi connectivity index (χ1) is 16.7. The summed E-state index contributed by atoms with van der Waals surface area (Å²) in [5.41, 5.74) is 4.13. The van der Waals surface area contributed by atoms with Crippen molar-refractivity contribution in [1.82, 2.24) is 5.01 Å². The van der Waals surface area contributed by atoms with Gasteiger partial charge in [0.25, 0.3) is 0 Å². The van der Waals surface area contributed by atoms with Gasteiger partial charge in [0.05, 0.1) is 12.1 Å². The number of fused-ring (bicyclic) bond motifs is 5. The summed E-state index contributed by atoms with van der Waals surface area (Å²) in [6.07, 6.45) is 12.0. The van der Waals surface area contributed by atoms with E-state index in [-0.39, 0.29) is 34.7 Å². The lowest BCUT2D eigenvalue weighted by atomic mass is 9.47. The Balaban J connectivity index is 1.27. The van der Waals surface area contributed by atoms with Crippen LogP contribution < -0.4 is 0 Å². The van der Waals surface area contributed by atoms with Crippen LogP contribution in [-0.4, -0.2) is 27.8 Å². The van der Waals surface area contributed by atoms with Crippen LogP contribution in [0.5, 0.6) is 0 Å². The Morgan fingerprint density at radius 2 is 1.83 bits per heavy atom. The molecule has 0 radical (unpaired) electrons. The molecule has 4 aliphatic carbocycles. The highest BCUT2D eigenvalue weighted by Gasteiger charge is 2.59. The van der Waals surface area contributed by atoms with Gasteiger partial charge in [-0.25, -0.2) is 9.40 Å². The van der Waals surface area contributed by atoms with Crippen molar-refractivity contribution >= 4 is 11.6 Å². The van der Waals surface area contributed by atoms with Gasteiger partial charge in [0.15, 0.2) is 0 Å². The standard InChI is InChI=1S/C30H39FN2O2/c1-18(34)33-28(19-4-7-21(31)8-5-19)17-27(32-33)26-11-10-24-23-9-6-20-16-22(35)12-14-29(20,2)25(23)13-15-30(24,26)3/h4-8,22-26,28,35H,9-17H2,1-3H3/t22?,23-,24-,25-,26?,28?,29-,30-/m0/s1. The van der Waals surface area contributed by atoms with E-state index in [0.29, 0.717) is 17.8 Å². The number of hydrogen-bond acceptors (Lipinski definition) is 3. The van der Waals surface area contributed by atoms with E-state index in [9.17, 15) is 14.3 Å². The first-order valence-corrected chi connectivity index (χ1v) is 13.7. The molecule has 3 fully saturated rings. The first-order valence-electron chi connectivity index (χ1n) is 13.7. The zero-order valence-electron chi connectivity index (χ0n) is 21.3. The van der Waals surface area contributed by atoms with Crippen molar-refractivity contribution in [3.8, 4) is 0 Å². The van der Waals surface area contributed by atoms with Gasteiger partial charge in [-0.05, 0) is 97.6 Å². The maximum Gasteiger partial charge on any atom is 0.240 e. The van der Waals surface area contributed by atoms with E-state index >= 15 is 0 Å². The molecule has 1 amide bonds. The van der Waals surface area contributed by atoms with E-state index < -0.39 is 0 Å². The maximum atomic E-state index is 13.5. The Morgan fingerprint density at radius 3 is 2.57 bits per heavy atom. The second kappa shape index (κ2) is 8.26. The molecule has 1 aromatic carbocycles. The lowest BCUT2D eigenvalue weighted by Gasteiger charge is -2.58. The number of aliphatic hydroxyl groups is 1. The zero-order chi connectivity index (χ0) is 24.5. The third-order valence-electron chi connectivity index (χ3n) is 11.0. The van der Waals surface area contributed by atoms with Crippen LogP contribution in [0.15, 0.2) is 41.0 Å². The molecule has 0 bridgehead atoms. The number of allylic oxidation sites excluding steroid dienone is 1. The summed E-state index contributed by atoms with van der Waals surface area (Å²) < 4.78 is 13.5. The van der Waals surface area contributed by atoms with Gasteiger partial charge in [-0.1, -0.05) is 37.6 Å². The Morgan fingerprint density at radius 1 is 1.06 bits per heavy atom. The van der Waals surface area contributed by atoms with Crippen LogP contribution in [0.2, 0.25) is 0 Å². The smallest absolute Gasteiger partial charge is 0.240 e. The molecule has 0 saturated heterocycles. The van der Waals surface area contributed by atoms with Crippen LogP contribution >= 0.6 is 0 Å². The quantitative estimate of drug-likeness (QED) is 0.499. The van der Waals surface area contributed by atoms with Crippen LogP contribution in [0.3, 0.4) is 0 Å². The van der Waals surface area contributed by atoms with Crippen LogP contribution in [0.25, 0.3) is 0 Å². The number of benzene rings is 1. The summed E-state index contributed by atoms with van der Waals surface area (Å²) in [6.45, 7) is 6.57. The Kier molecular flexibility index (Phi) is 5.52. The number of amides is 1. The van der Waals surface area contributed by atoms with Crippen LogP contribution in [0, 0.1) is 40.3 Å². The van der Waals surface area contributed by atoms with E-state index in [1.165, 1.54) is 42.7 Å². The molecule has 1 aliphatic heterocycles. The van der Waals surface area contributed by atoms with Gasteiger partial charge >= 0.3 is 0 Å². The molecule has 5 aliphatic rings. The number of nitrogens with zero attached hydrogens (tertiary/aromatic N) is 2. The van der Waals surface area contributed by atoms with E-state index in [1.54, 1.807) is 24.1 Å². The van der Waals surface area contributed by atoms with Crippen molar-refractivity contribution in [3.05, 3.63) is 47.3 Å². The molecular formula is C30H39FN2O2. The van der Waals surface area contributed by atoms with Gasteiger partial charge in [0.1, 0.15) is 5.82 Å². The number of carbonyl (C=O) groups excluding carboxylic acids is 1. The molecule has 3 unspecified atom stereocenters. The molecular weight excluding hydrogens is 439 g/mol. The lowest BCUT2D eigenvalue weighted by molar-refractivity contribution is -0.130. The number of hydrogen-bond donors (Lipinski definition) is 1. The predicted octanol–water partition coefficient (Wildman–Crippen LogP) is 6.41. The summed E-state index contributed by atoms with van der Waals surface area (Å²) in [6, 6.07) is 6.43. The van der Waals surface area contributed by atoms with E-state index in [0.717, 1.165) is 50.0 Å².